The first-order valence-electron chi connectivity index (χ1n) is 6.12. The molecule has 108 valence electrons. The van der Waals surface area contributed by atoms with Crippen LogP contribution in [0.4, 0.5) is 0 Å². The van der Waals surface area contributed by atoms with E-state index in [4.69, 9.17) is 9.84 Å². The Morgan fingerprint density at radius 3 is 2.65 bits per heavy atom. The normalized spacial score (nSPS) is 9.85. The summed E-state index contributed by atoms with van der Waals surface area (Å²) in [4.78, 5) is 33.0. The maximum atomic E-state index is 11.7. The van der Waals surface area contributed by atoms with Crippen LogP contribution in [0.3, 0.4) is 0 Å². The topological polar surface area (TPSA) is 89.9 Å². The van der Waals surface area contributed by atoms with Gasteiger partial charge in [-0.1, -0.05) is 6.07 Å². The molecule has 0 saturated carbocycles. The molecule has 0 fully saturated rings. The molecule has 1 rings (SSSR count). The van der Waals surface area contributed by atoms with Gasteiger partial charge in [-0.3, -0.25) is 0 Å². The molecule has 0 atom stereocenters. The molecule has 0 spiro atoms. The zero-order valence-corrected chi connectivity index (χ0v) is 11.1. The number of carbonyl (C=O) groups is 3. The molecule has 1 aromatic carbocycles. The second-order valence-electron chi connectivity index (χ2n) is 3.99. The van der Waals surface area contributed by atoms with E-state index in [2.05, 4.69) is 4.74 Å². The molecule has 0 amide bonds. The molecule has 0 aliphatic carbocycles. The minimum atomic E-state index is -1.23. The van der Waals surface area contributed by atoms with Gasteiger partial charge in [0.05, 0.1) is 19.3 Å². The number of methoxy groups -OCH3 is 1. The summed E-state index contributed by atoms with van der Waals surface area (Å²) in [6.07, 6.45) is 2.58. The average molecular weight is 280 g/mol. The second-order valence-corrected chi connectivity index (χ2v) is 3.99. The fourth-order valence-corrected chi connectivity index (χ4v) is 1.65. The van der Waals surface area contributed by atoms with E-state index in [1.54, 1.807) is 0 Å². The number of carboxylic acid groups (broad SMARTS) is 1. The molecule has 0 radical (unpaired) electrons. The SMILES string of the molecule is COC(=O)c1c(OCCCCC=O)cccc1C(=O)O. The smallest absolute Gasteiger partial charge is 0.342 e. The standard InChI is InChI=1S/C14H16O6/c1-19-14(18)12-10(13(16)17)6-5-7-11(12)20-9-4-2-3-8-15/h5-8H,2-4,9H2,1H3,(H,16,17). The lowest BCUT2D eigenvalue weighted by Gasteiger charge is -2.12. The third-order valence-corrected chi connectivity index (χ3v) is 2.62. The summed E-state index contributed by atoms with van der Waals surface area (Å²) in [7, 11) is 1.18. The average Bonchev–Trinajstić information content (AvgIpc) is 2.45. The molecule has 6 nitrogen and oxygen atoms in total. The van der Waals surface area contributed by atoms with Crippen molar-refractivity contribution in [3.63, 3.8) is 0 Å². The van der Waals surface area contributed by atoms with Gasteiger partial charge in [-0.2, -0.15) is 0 Å². The number of esters is 1. The number of hydrogen-bond acceptors (Lipinski definition) is 5. The Bertz CT molecular complexity index is 494. The molecule has 0 heterocycles. The van der Waals surface area contributed by atoms with Crippen molar-refractivity contribution in [1.29, 1.82) is 0 Å². The van der Waals surface area contributed by atoms with E-state index < -0.39 is 11.9 Å². The van der Waals surface area contributed by atoms with Gasteiger partial charge in [-0.25, -0.2) is 9.59 Å². The lowest BCUT2D eigenvalue weighted by Crippen LogP contribution is -2.13. The highest BCUT2D eigenvalue weighted by atomic mass is 16.5. The maximum absolute atomic E-state index is 11.7. The Morgan fingerprint density at radius 2 is 2.05 bits per heavy atom. The first-order chi connectivity index (χ1) is 9.61. The monoisotopic (exact) mass is 280 g/mol. The van der Waals surface area contributed by atoms with Crippen LogP contribution in [0.5, 0.6) is 5.75 Å². The number of benzene rings is 1. The summed E-state index contributed by atoms with van der Waals surface area (Å²) in [5.74, 6) is -1.81. The zero-order valence-electron chi connectivity index (χ0n) is 11.1. The van der Waals surface area contributed by atoms with E-state index in [0.29, 0.717) is 25.9 Å². The van der Waals surface area contributed by atoms with Crippen molar-refractivity contribution in [3.8, 4) is 5.75 Å². The highest BCUT2D eigenvalue weighted by molar-refractivity contribution is 6.04. The number of aldehydes is 1. The van der Waals surface area contributed by atoms with Crippen molar-refractivity contribution in [2.24, 2.45) is 0 Å². The van der Waals surface area contributed by atoms with Crippen LogP contribution in [0.2, 0.25) is 0 Å². The summed E-state index contributed by atoms with van der Waals surface area (Å²) in [6, 6.07) is 4.32. The lowest BCUT2D eigenvalue weighted by atomic mass is 10.1. The Morgan fingerprint density at radius 1 is 1.30 bits per heavy atom. The predicted molar refractivity (Wildman–Crippen MR) is 70.2 cm³/mol. The van der Waals surface area contributed by atoms with Crippen molar-refractivity contribution in [3.05, 3.63) is 29.3 Å². The van der Waals surface area contributed by atoms with Gasteiger partial charge in [0, 0.05) is 6.42 Å². The van der Waals surface area contributed by atoms with Crippen molar-refractivity contribution >= 4 is 18.2 Å². The van der Waals surface area contributed by atoms with Crippen LogP contribution in [0.15, 0.2) is 18.2 Å². The molecule has 0 aliphatic rings. The molecular formula is C14H16O6. The Labute approximate surface area is 116 Å². The highest BCUT2D eigenvalue weighted by Crippen LogP contribution is 2.24. The van der Waals surface area contributed by atoms with E-state index in [1.165, 1.54) is 25.3 Å². The molecule has 0 bridgehead atoms. The van der Waals surface area contributed by atoms with Crippen molar-refractivity contribution < 1.29 is 29.0 Å². The Kier molecular flexibility index (Phi) is 6.22. The van der Waals surface area contributed by atoms with Crippen LogP contribution >= 0.6 is 0 Å². The molecule has 1 N–H and O–H groups in total. The number of carboxylic acids is 1. The number of unbranched alkanes of at least 4 members (excludes halogenated alkanes) is 2. The van der Waals surface area contributed by atoms with E-state index >= 15 is 0 Å². The van der Waals surface area contributed by atoms with Crippen LogP contribution in [-0.2, 0) is 9.53 Å². The molecular weight excluding hydrogens is 264 g/mol. The first-order valence-corrected chi connectivity index (χ1v) is 6.12. The predicted octanol–water partition coefficient (Wildman–Crippen LogP) is 1.92. The van der Waals surface area contributed by atoms with Gasteiger partial charge in [0.15, 0.2) is 0 Å². The number of hydrogen-bond donors (Lipinski definition) is 1. The van der Waals surface area contributed by atoms with E-state index in [1.807, 2.05) is 0 Å². The van der Waals surface area contributed by atoms with Crippen LogP contribution in [0.25, 0.3) is 0 Å². The largest absolute Gasteiger partial charge is 0.493 e. The molecule has 0 saturated heterocycles. The summed E-state index contributed by atoms with van der Waals surface area (Å²) in [5.41, 5.74) is -0.264. The van der Waals surface area contributed by atoms with Crippen molar-refractivity contribution in [2.75, 3.05) is 13.7 Å². The molecule has 6 heteroatoms. The van der Waals surface area contributed by atoms with Crippen LogP contribution in [0.1, 0.15) is 40.0 Å². The summed E-state index contributed by atoms with van der Waals surface area (Å²) < 4.78 is 10.0. The molecule has 1 aromatic rings. The number of carbonyl (C=O) groups excluding carboxylic acids is 2. The molecule has 0 aliphatic heterocycles. The van der Waals surface area contributed by atoms with Crippen molar-refractivity contribution in [1.82, 2.24) is 0 Å². The minimum absolute atomic E-state index is 0.0992. The lowest BCUT2D eigenvalue weighted by molar-refractivity contribution is -0.107. The van der Waals surface area contributed by atoms with E-state index in [9.17, 15) is 14.4 Å². The second kappa shape index (κ2) is 7.93. The van der Waals surface area contributed by atoms with Crippen LogP contribution < -0.4 is 4.74 Å². The maximum Gasteiger partial charge on any atom is 0.342 e. The van der Waals surface area contributed by atoms with Crippen molar-refractivity contribution in [2.45, 2.75) is 19.3 Å². The summed E-state index contributed by atoms with van der Waals surface area (Å²) in [6.45, 7) is 0.293. The van der Waals surface area contributed by atoms with Gasteiger partial charge in [0.2, 0.25) is 0 Å². The summed E-state index contributed by atoms with van der Waals surface area (Å²) >= 11 is 0. The van der Waals surface area contributed by atoms with E-state index in [0.717, 1.165) is 6.29 Å². The van der Waals surface area contributed by atoms with Crippen LogP contribution in [0, 0.1) is 0 Å². The molecule has 0 unspecified atom stereocenters. The number of ether oxygens (including phenoxy) is 2. The molecule has 0 aromatic heterocycles. The van der Waals surface area contributed by atoms with Gasteiger partial charge in [-0.15, -0.1) is 0 Å². The number of aromatic carboxylic acids is 1. The fraction of sp³-hybridized carbons (Fsp3) is 0.357. The zero-order chi connectivity index (χ0) is 15.0. The van der Waals surface area contributed by atoms with Gasteiger partial charge >= 0.3 is 11.9 Å². The quantitative estimate of drug-likeness (QED) is 0.444. The third-order valence-electron chi connectivity index (χ3n) is 2.62. The van der Waals surface area contributed by atoms with Gasteiger partial charge in [0.25, 0.3) is 0 Å². The fourth-order valence-electron chi connectivity index (χ4n) is 1.65. The van der Waals surface area contributed by atoms with E-state index in [-0.39, 0.29) is 16.9 Å². The summed E-state index contributed by atoms with van der Waals surface area (Å²) in [5, 5.41) is 9.07. The number of rotatable bonds is 8. The first kappa shape index (κ1) is 15.7. The third kappa shape index (κ3) is 4.08. The Hall–Kier alpha value is -2.37. The minimum Gasteiger partial charge on any atom is -0.493 e. The highest BCUT2D eigenvalue weighted by Gasteiger charge is 2.22. The van der Waals surface area contributed by atoms with Gasteiger partial charge in [-0.05, 0) is 25.0 Å². The van der Waals surface area contributed by atoms with Gasteiger partial charge < -0.3 is 19.4 Å². The van der Waals surface area contributed by atoms with Gasteiger partial charge in [0.1, 0.15) is 17.6 Å². The Balaban J connectivity index is 2.89. The van der Waals surface area contributed by atoms with Crippen LogP contribution in [-0.4, -0.2) is 37.0 Å². The molecule has 20 heavy (non-hydrogen) atoms.